The first-order chi connectivity index (χ1) is 16.5. The van der Waals surface area contributed by atoms with E-state index >= 15 is 0 Å². The fraction of sp³-hybridized carbons (Fsp3) is 0.250. The van der Waals surface area contributed by atoms with Crippen LogP contribution >= 0.6 is 12.4 Å². The van der Waals surface area contributed by atoms with E-state index in [9.17, 15) is 9.90 Å². The van der Waals surface area contributed by atoms with Gasteiger partial charge in [-0.2, -0.15) is 0 Å². The van der Waals surface area contributed by atoms with Gasteiger partial charge < -0.3 is 25.2 Å². The van der Waals surface area contributed by atoms with Crippen molar-refractivity contribution in [3.8, 4) is 17.2 Å². The van der Waals surface area contributed by atoms with Crippen LogP contribution in [-0.4, -0.2) is 31.2 Å². The second kappa shape index (κ2) is 11.8. The van der Waals surface area contributed by atoms with Crippen molar-refractivity contribution in [2.45, 2.75) is 18.9 Å². The minimum atomic E-state index is -0.639. The van der Waals surface area contributed by atoms with Crippen molar-refractivity contribution in [1.29, 1.82) is 0 Å². The molecule has 1 saturated heterocycles. The predicted octanol–water partition coefficient (Wildman–Crippen LogP) is 5.38. The molecule has 0 aliphatic carbocycles. The number of carbonyl (C=O) groups is 1. The first kappa shape index (κ1) is 26.1. The number of methoxy groups -OCH3 is 1. The highest BCUT2D eigenvalue weighted by molar-refractivity contribution is 6.02. The first-order valence-electron chi connectivity index (χ1n) is 11.4. The molecule has 0 radical (unpaired) electrons. The van der Waals surface area contributed by atoms with E-state index in [2.05, 4.69) is 17.6 Å². The Bertz CT molecular complexity index is 1160. The van der Waals surface area contributed by atoms with Crippen LogP contribution in [0, 0.1) is 5.92 Å². The fourth-order valence-corrected chi connectivity index (χ4v) is 4.40. The van der Waals surface area contributed by atoms with Crippen LogP contribution in [0.15, 0.2) is 78.9 Å². The van der Waals surface area contributed by atoms with E-state index in [0.717, 1.165) is 30.8 Å². The molecule has 4 rings (SSSR count). The molecule has 2 atom stereocenters. The maximum absolute atomic E-state index is 12.8. The lowest BCUT2D eigenvalue weighted by Gasteiger charge is -2.37. The molecular formula is C28H31ClN2O4. The molecule has 7 heteroatoms. The Morgan fingerprint density at radius 2 is 1.86 bits per heavy atom. The normalized spacial score (nSPS) is 16.8. The zero-order chi connectivity index (χ0) is 24.0. The summed E-state index contributed by atoms with van der Waals surface area (Å²) in [6, 6.07) is 22.5. The molecule has 6 nitrogen and oxygen atoms in total. The van der Waals surface area contributed by atoms with E-state index < -0.39 is 5.60 Å². The summed E-state index contributed by atoms with van der Waals surface area (Å²) in [4.78, 5) is 12.8. The van der Waals surface area contributed by atoms with Crippen LogP contribution in [0.3, 0.4) is 0 Å². The average molecular weight is 495 g/mol. The lowest BCUT2D eigenvalue weighted by Crippen LogP contribution is -2.40. The van der Waals surface area contributed by atoms with Crippen LogP contribution in [0.2, 0.25) is 0 Å². The minimum absolute atomic E-state index is 0. The maximum atomic E-state index is 12.8. The Morgan fingerprint density at radius 3 is 2.54 bits per heavy atom. The molecular weight excluding hydrogens is 464 g/mol. The average Bonchev–Trinajstić information content (AvgIpc) is 3.40. The molecule has 35 heavy (non-hydrogen) atoms. The summed E-state index contributed by atoms with van der Waals surface area (Å²) in [5.41, 5.74) is 1.69. The molecule has 3 aromatic carbocycles. The van der Waals surface area contributed by atoms with Crippen molar-refractivity contribution in [3.63, 3.8) is 0 Å². The lowest BCUT2D eigenvalue weighted by atomic mass is 9.81. The number of hydrogen-bond donors (Lipinski definition) is 3. The fourth-order valence-electron chi connectivity index (χ4n) is 4.40. The van der Waals surface area contributed by atoms with Crippen molar-refractivity contribution in [2.24, 2.45) is 5.92 Å². The topological polar surface area (TPSA) is 79.8 Å². The lowest BCUT2D eigenvalue weighted by molar-refractivity contribution is -0.111. The van der Waals surface area contributed by atoms with Crippen LogP contribution in [0.1, 0.15) is 24.5 Å². The quantitative estimate of drug-likeness (QED) is 0.366. The number of para-hydroxylation sites is 2. The molecule has 3 N–H and O–H groups in total. The number of aromatic hydroxyl groups is 1. The second-order valence-corrected chi connectivity index (χ2v) is 8.51. The van der Waals surface area contributed by atoms with Crippen LogP contribution in [0.4, 0.5) is 5.69 Å². The van der Waals surface area contributed by atoms with Crippen LogP contribution in [-0.2, 0) is 10.4 Å². The molecule has 0 aromatic heterocycles. The maximum Gasteiger partial charge on any atom is 0.248 e. The number of phenols is 1. The molecule has 184 valence electrons. The molecule has 1 heterocycles. The molecule has 2 unspecified atom stereocenters. The summed E-state index contributed by atoms with van der Waals surface area (Å²) in [7, 11) is 1.49. The van der Waals surface area contributed by atoms with Gasteiger partial charge in [0.1, 0.15) is 11.4 Å². The number of rotatable bonds is 8. The van der Waals surface area contributed by atoms with E-state index in [1.807, 2.05) is 54.6 Å². The van der Waals surface area contributed by atoms with Gasteiger partial charge in [0.05, 0.1) is 7.11 Å². The zero-order valence-electron chi connectivity index (χ0n) is 19.9. The Kier molecular flexibility index (Phi) is 8.79. The van der Waals surface area contributed by atoms with Gasteiger partial charge in [0.2, 0.25) is 5.91 Å². The van der Waals surface area contributed by atoms with E-state index in [-0.39, 0.29) is 30.0 Å². The van der Waals surface area contributed by atoms with Crippen molar-refractivity contribution in [1.82, 2.24) is 5.32 Å². The third-order valence-electron chi connectivity index (χ3n) is 6.26. The smallest absolute Gasteiger partial charge is 0.248 e. The van der Waals surface area contributed by atoms with Crippen molar-refractivity contribution in [2.75, 3.05) is 25.5 Å². The summed E-state index contributed by atoms with van der Waals surface area (Å²) in [6.45, 7) is 3.87. The van der Waals surface area contributed by atoms with Crippen LogP contribution in [0.5, 0.6) is 17.2 Å². The van der Waals surface area contributed by atoms with E-state index in [0.29, 0.717) is 17.0 Å². The van der Waals surface area contributed by atoms with Gasteiger partial charge in [0.15, 0.2) is 11.5 Å². The summed E-state index contributed by atoms with van der Waals surface area (Å²) >= 11 is 0. The first-order valence-corrected chi connectivity index (χ1v) is 11.4. The number of phenolic OH excluding ortho intramolecular Hbond substituents is 1. The van der Waals surface area contributed by atoms with Crippen LogP contribution < -0.4 is 20.1 Å². The number of anilines is 1. The van der Waals surface area contributed by atoms with Gasteiger partial charge in [-0.05, 0) is 61.9 Å². The second-order valence-electron chi connectivity index (χ2n) is 8.51. The monoisotopic (exact) mass is 494 g/mol. The van der Waals surface area contributed by atoms with Gasteiger partial charge in [-0.25, -0.2) is 0 Å². The summed E-state index contributed by atoms with van der Waals surface area (Å²) in [5.74, 6) is 1.17. The number of hydrogen-bond acceptors (Lipinski definition) is 5. The molecule has 1 amide bonds. The summed E-state index contributed by atoms with van der Waals surface area (Å²) in [6.07, 6.45) is 4.08. The Labute approximate surface area is 212 Å². The van der Waals surface area contributed by atoms with Gasteiger partial charge in [0, 0.05) is 29.8 Å². The minimum Gasteiger partial charge on any atom is -0.504 e. The molecule has 3 aromatic rings. The highest BCUT2D eigenvalue weighted by Crippen LogP contribution is 2.41. The highest BCUT2D eigenvalue weighted by Gasteiger charge is 2.41. The Morgan fingerprint density at radius 1 is 1.11 bits per heavy atom. The molecule has 0 saturated carbocycles. The summed E-state index contributed by atoms with van der Waals surface area (Å²) < 4.78 is 11.7. The third kappa shape index (κ3) is 6.15. The standard InChI is InChI=1S/C28H30N2O4.ClH/c1-28(21-16-17-29-19-21,34-22-8-4-3-5-9-22)23-10-6-7-11-24(23)30-27(32)15-13-20-12-14-26(33-2)25(31)18-20;/h3-15,18,21,29,31H,16-17,19H2,1-2H3,(H,30,32);1H/b15-13+;. The van der Waals surface area contributed by atoms with Gasteiger partial charge in [0.25, 0.3) is 0 Å². The van der Waals surface area contributed by atoms with Crippen molar-refractivity contribution >= 4 is 30.1 Å². The third-order valence-corrected chi connectivity index (χ3v) is 6.26. The van der Waals surface area contributed by atoms with Crippen molar-refractivity contribution in [3.05, 3.63) is 90.0 Å². The van der Waals surface area contributed by atoms with Gasteiger partial charge in [-0.15, -0.1) is 12.4 Å². The number of halogens is 1. The summed E-state index contributed by atoms with van der Waals surface area (Å²) in [5, 5.41) is 16.4. The van der Waals surface area contributed by atoms with E-state index in [1.54, 1.807) is 24.3 Å². The van der Waals surface area contributed by atoms with Crippen LogP contribution in [0.25, 0.3) is 6.08 Å². The molecule has 1 aliphatic rings. The number of ether oxygens (including phenoxy) is 2. The van der Waals surface area contributed by atoms with Gasteiger partial charge in [-0.1, -0.05) is 42.5 Å². The molecule has 0 spiro atoms. The molecule has 0 bridgehead atoms. The molecule has 1 fully saturated rings. The number of amides is 1. The van der Waals surface area contributed by atoms with E-state index in [4.69, 9.17) is 9.47 Å². The number of nitrogens with one attached hydrogen (secondary N) is 2. The number of benzene rings is 3. The SMILES string of the molecule is COc1ccc(/C=C/C(=O)Nc2ccccc2C(C)(Oc2ccccc2)C2CCNC2)cc1O.Cl. The largest absolute Gasteiger partial charge is 0.504 e. The molecule has 1 aliphatic heterocycles. The Hall–Kier alpha value is -3.48. The van der Waals surface area contributed by atoms with Gasteiger partial charge >= 0.3 is 0 Å². The van der Waals surface area contributed by atoms with Crippen molar-refractivity contribution < 1.29 is 19.4 Å². The zero-order valence-corrected chi connectivity index (χ0v) is 20.7. The Balaban J connectivity index is 0.00000342. The predicted molar refractivity (Wildman–Crippen MR) is 141 cm³/mol. The van der Waals surface area contributed by atoms with E-state index in [1.165, 1.54) is 13.2 Å². The van der Waals surface area contributed by atoms with Gasteiger partial charge in [-0.3, -0.25) is 4.79 Å². The highest BCUT2D eigenvalue weighted by atomic mass is 35.5. The number of carbonyl (C=O) groups excluding carboxylic acids is 1.